The summed E-state index contributed by atoms with van der Waals surface area (Å²) in [7, 11) is -0.988. The Balaban J connectivity index is 2.12. The van der Waals surface area contributed by atoms with Crippen LogP contribution in [0.25, 0.3) is 0 Å². The second-order valence-electron chi connectivity index (χ2n) is 6.04. The van der Waals surface area contributed by atoms with E-state index >= 15 is 0 Å². The van der Waals surface area contributed by atoms with E-state index in [4.69, 9.17) is 11.2 Å². The molecule has 0 aliphatic carbocycles. The quantitative estimate of drug-likeness (QED) is 0.737. The minimum absolute atomic E-state index is 0.133. The van der Waals surface area contributed by atoms with Crippen LogP contribution in [0.15, 0.2) is 24.3 Å². The first-order valence-electron chi connectivity index (χ1n) is 6.47. The van der Waals surface area contributed by atoms with Crippen molar-refractivity contribution in [1.82, 2.24) is 0 Å². The van der Waals surface area contributed by atoms with Gasteiger partial charge in [0.1, 0.15) is 0 Å². The van der Waals surface area contributed by atoms with Gasteiger partial charge >= 0.3 is 0 Å². The highest BCUT2D eigenvalue weighted by Gasteiger charge is 2.35. The second kappa shape index (κ2) is 5.48. The second-order valence-corrected chi connectivity index (χ2v) is 7.56. The van der Waals surface area contributed by atoms with Crippen molar-refractivity contribution < 1.29 is 8.95 Å². The smallest absolute Gasteiger partial charge is 0.157 e. The van der Waals surface area contributed by atoms with Crippen molar-refractivity contribution in [2.24, 2.45) is 11.3 Å². The average molecular weight is 276 g/mol. The Morgan fingerprint density at radius 1 is 1.32 bits per heavy atom. The normalized spacial score (nSPS) is 27.8. The summed E-state index contributed by atoms with van der Waals surface area (Å²) in [5.74, 6) is 3.62. The molecule has 0 spiro atoms. The lowest BCUT2D eigenvalue weighted by Crippen LogP contribution is -2.37. The maximum absolute atomic E-state index is 12.4. The molecule has 1 heterocycles. The molecule has 2 rings (SSSR count). The van der Waals surface area contributed by atoms with Crippen LogP contribution in [0.3, 0.4) is 0 Å². The molecule has 1 aromatic carbocycles. The van der Waals surface area contributed by atoms with Crippen LogP contribution in [0.5, 0.6) is 0 Å². The van der Waals surface area contributed by atoms with Crippen molar-refractivity contribution >= 4 is 10.8 Å². The van der Waals surface area contributed by atoms with E-state index in [1.807, 2.05) is 24.3 Å². The average Bonchev–Trinajstić information content (AvgIpc) is 2.38. The first-order chi connectivity index (χ1) is 8.91. The molecule has 0 saturated carbocycles. The number of hydrogen-bond donors (Lipinski definition) is 0. The zero-order valence-corrected chi connectivity index (χ0v) is 12.5. The number of ether oxygens (including phenoxy) is 1. The molecule has 1 fully saturated rings. The van der Waals surface area contributed by atoms with Crippen LogP contribution in [0.4, 0.5) is 0 Å². The van der Waals surface area contributed by atoms with Gasteiger partial charge in [0.05, 0.1) is 17.4 Å². The fourth-order valence-corrected chi connectivity index (χ4v) is 3.96. The van der Waals surface area contributed by atoms with Crippen molar-refractivity contribution in [2.45, 2.75) is 26.2 Å². The van der Waals surface area contributed by atoms with Crippen molar-refractivity contribution in [3.8, 4) is 12.3 Å². The summed E-state index contributed by atoms with van der Waals surface area (Å²) < 4.78 is 18.2. The van der Waals surface area contributed by atoms with Crippen LogP contribution < -0.4 is 0 Å². The van der Waals surface area contributed by atoms with Gasteiger partial charge in [-0.2, -0.15) is 0 Å². The topological polar surface area (TPSA) is 26.3 Å². The van der Waals surface area contributed by atoms with Crippen LogP contribution >= 0.6 is 0 Å². The third-order valence-corrected chi connectivity index (χ3v) is 5.24. The van der Waals surface area contributed by atoms with E-state index in [-0.39, 0.29) is 10.9 Å². The van der Waals surface area contributed by atoms with Gasteiger partial charge in [-0.1, -0.05) is 38.8 Å². The molecule has 19 heavy (non-hydrogen) atoms. The lowest BCUT2D eigenvalue weighted by Gasteiger charge is -2.36. The van der Waals surface area contributed by atoms with Gasteiger partial charge in [-0.15, -0.1) is 6.42 Å². The summed E-state index contributed by atoms with van der Waals surface area (Å²) in [4.78, 5) is 0. The van der Waals surface area contributed by atoms with Crippen LogP contribution in [0, 0.1) is 23.7 Å². The van der Waals surface area contributed by atoms with Crippen LogP contribution in [0.2, 0.25) is 0 Å². The van der Waals surface area contributed by atoms with Crippen molar-refractivity contribution in [3.63, 3.8) is 0 Å². The van der Waals surface area contributed by atoms with Gasteiger partial charge in [0.25, 0.3) is 0 Å². The molecule has 0 N–H and O–H groups in total. The SMILES string of the molecule is C#Cc1ccc([C@@H]2OC[C@H](C(C)(C)C)C[S@@]2=O)cc1. The van der Waals surface area contributed by atoms with E-state index in [0.717, 1.165) is 11.1 Å². The highest BCUT2D eigenvalue weighted by atomic mass is 32.2. The van der Waals surface area contributed by atoms with Gasteiger partial charge in [0, 0.05) is 11.3 Å². The predicted molar refractivity (Wildman–Crippen MR) is 79.0 cm³/mol. The van der Waals surface area contributed by atoms with E-state index in [1.54, 1.807) is 0 Å². The Morgan fingerprint density at radius 2 is 1.95 bits per heavy atom. The molecular weight excluding hydrogens is 256 g/mol. The zero-order chi connectivity index (χ0) is 14.0. The van der Waals surface area contributed by atoms with E-state index in [1.165, 1.54) is 0 Å². The summed E-state index contributed by atoms with van der Waals surface area (Å²) >= 11 is 0. The molecule has 0 radical (unpaired) electrons. The van der Waals surface area contributed by atoms with Gasteiger partial charge in [-0.3, -0.25) is 4.21 Å². The highest BCUT2D eigenvalue weighted by Crippen LogP contribution is 2.35. The minimum Gasteiger partial charge on any atom is -0.360 e. The molecule has 102 valence electrons. The fraction of sp³-hybridized carbons (Fsp3) is 0.500. The summed E-state index contributed by atoms with van der Waals surface area (Å²) in [6.45, 7) is 7.16. The molecule has 0 amide bonds. The van der Waals surface area contributed by atoms with E-state index in [2.05, 4.69) is 26.7 Å². The lowest BCUT2D eigenvalue weighted by molar-refractivity contribution is 0.0353. The fourth-order valence-electron chi connectivity index (χ4n) is 2.10. The first-order valence-corrected chi connectivity index (χ1v) is 7.85. The minimum atomic E-state index is -0.988. The van der Waals surface area contributed by atoms with Crippen LogP contribution in [-0.2, 0) is 15.5 Å². The molecule has 3 atom stereocenters. The van der Waals surface area contributed by atoms with E-state index in [9.17, 15) is 4.21 Å². The Morgan fingerprint density at radius 3 is 2.42 bits per heavy atom. The molecule has 0 aromatic heterocycles. The van der Waals surface area contributed by atoms with E-state index in [0.29, 0.717) is 18.3 Å². The standard InChI is InChI=1S/C16H20O2S/c1-5-12-6-8-13(9-7-12)15-18-10-14(11-19(15)17)16(2,3)4/h1,6-9,14-15H,10-11H2,2-4H3/t14-,15+,19-/m0/s1. The number of hydrogen-bond acceptors (Lipinski definition) is 2. The molecule has 1 saturated heterocycles. The third-order valence-electron chi connectivity index (χ3n) is 3.63. The van der Waals surface area contributed by atoms with E-state index < -0.39 is 10.8 Å². The third kappa shape index (κ3) is 3.26. The van der Waals surface area contributed by atoms with Crippen molar-refractivity contribution in [1.29, 1.82) is 0 Å². The summed E-state index contributed by atoms with van der Waals surface area (Å²) in [5.41, 5.74) is 1.60. The first kappa shape index (κ1) is 14.3. The molecule has 3 heteroatoms. The molecule has 2 nitrogen and oxygen atoms in total. The van der Waals surface area contributed by atoms with Crippen LogP contribution in [-0.4, -0.2) is 16.6 Å². The molecule has 1 aromatic rings. The number of terminal acetylenes is 1. The Labute approximate surface area is 118 Å². The number of rotatable bonds is 1. The largest absolute Gasteiger partial charge is 0.360 e. The monoisotopic (exact) mass is 276 g/mol. The molecule has 0 unspecified atom stereocenters. The zero-order valence-electron chi connectivity index (χ0n) is 11.7. The highest BCUT2D eigenvalue weighted by molar-refractivity contribution is 7.85. The van der Waals surface area contributed by atoms with Crippen molar-refractivity contribution in [2.75, 3.05) is 12.4 Å². The van der Waals surface area contributed by atoms with Gasteiger partial charge in [-0.25, -0.2) is 0 Å². The summed E-state index contributed by atoms with van der Waals surface area (Å²) in [6, 6.07) is 7.56. The molecule has 1 aliphatic heterocycles. The van der Waals surface area contributed by atoms with Gasteiger partial charge in [0.2, 0.25) is 0 Å². The van der Waals surface area contributed by atoms with Crippen molar-refractivity contribution in [3.05, 3.63) is 35.4 Å². The Bertz CT molecular complexity index is 505. The van der Waals surface area contributed by atoms with Crippen LogP contribution in [0.1, 0.15) is 37.3 Å². The Hall–Kier alpha value is -1.11. The number of benzene rings is 1. The summed E-state index contributed by atoms with van der Waals surface area (Å²) in [6.07, 6.45) is 5.33. The Kier molecular flexibility index (Phi) is 4.13. The maximum atomic E-state index is 12.4. The molecular formula is C16H20O2S. The molecule has 1 aliphatic rings. The van der Waals surface area contributed by atoms with Gasteiger partial charge in [-0.05, 0) is 29.0 Å². The van der Waals surface area contributed by atoms with Gasteiger partial charge < -0.3 is 4.74 Å². The summed E-state index contributed by atoms with van der Waals surface area (Å²) in [5, 5.41) is 0. The maximum Gasteiger partial charge on any atom is 0.157 e. The molecule has 0 bridgehead atoms. The van der Waals surface area contributed by atoms with Gasteiger partial charge in [0.15, 0.2) is 5.44 Å². The lowest BCUT2D eigenvalue weighted by atomic mass is 9.82. The predicted octanol–water partition coefficient (Wildman–Crippen LogP) is 3.11.